The van der Waals surface area contributed by atoms with Gasteiger partial charge in [0, 0.05) is 17.1 Å². The topological polar surface area (TPSA) is 58.6 Å². The maximum absolute atomic E-state index is 11.2. The lowest BCUT2D eigenvalue weighted by atomic mass is 10.1. The second-order valence-electron chi connectivity index (χ2n) is 4.45. The normalized spacial score (nSPS) is 20.7. The van der Waals surface area contributed by atoms with Gasteiger partial charge in [0.15, 0.2) is 0 Å². The van der Waals surface area contributed by atoms with Gasteiger partial charge in [0.1, 0.15) is 0 Å². The Morgan fingerprint density at radius 1 is 1.61 bits per heavy atom. The van der Waals surface area contributed by atoms with Gasteiger partial charge in [-0.2, -0.15) is 0 Å². The monoisotopic (exact) mass is 313 g/mol. The minimum atomic E-state index is -0.940. The van der Waals surface area contributed by atoms with Crippen LogP contribution in [0.1, 0.15) is 30.1 Å². The number of anilines is 1. The van der Waals surface area contributed by atoms with Crippen LogP contribution in [-0.4, -0.2) is 29.8 Å². The van der Waals surface area contributed by atoms with E-state index in [2.05, 4.69) is 21.2 Å². The first kappa shape index (κ1) is 13.4. The summed E-state index contributed by atoms with van der Waals surface area (Å²) < 4.78 is 6.18. The van der Waals surface area contributed by atoms with E-state index in [0.29, 0.717) is 10.2 Å². The van der Waals surface area contributed by atoms with Gasteiger partial charge >= 0.3 is 5.97 Å². The Bertz CT molecular complexity index is 444. The van der Waals surface area contributed by atoms with Gasteiger partial charge in [-0.1, -0.05) is 6.07 Å². The summed E-state index contributed by atoms with van der Waals surface area (Å²) in [6.45, 7) is 2.81. The van der Waals surface area contributed by atoms with Gasteiger partial charge in [0.25, 0.3) is 0 Å². The van der Waals surface area contributed by atoms with Gasteiger partial charge < -0.3 is 15.2 Å². The molecule has 1 aliphatic rings. The van der Waals surface area contributed by atoms with Crippen LogP contribution < -0.4 is 5.32 Å². The maximum Gasteiger partial charge on any atom is 0.338 e. The highest BCUT2D eigenvalue weighted by Gasteiger charge is 2.24. The van der Waals surface area contributed by atoms with E-state index in [1.165, 1.54) is 0 Å². The molecule has 1 aromatic rings. The fourth-order valence-electron chi connectivity index (χ4n) is 2.20. The highest BCUT2D eigenvalue weighted by molar-refractivity contribution is 9.10. The van der Waals surface area contributed by atoms with Gasteiger partial charge in [-0.05, 0) is 47.8 Å². The zero-order chi connectivity index (χ0) is 13.1. The smallest absolute Gasteiger partial charge is 0.338 e. The van der Waals surface area contributed by atoms with Crippen molar-refractivity contribution in [1.82, 2.24) is 0 Å². The molecular formula is C13H16BrNO3. The SMILES string of the molecule is CC(Nc1cccc(Br)c1C(=O)O)C1CCCO1. The van der Waals surface area contributed by atoms with Crippen LogP contribution in [0.15, 0.2) is 22.7 Å². The molecule has 98 valence electrons. The van der Waals surface area contributed by atoms with Gasteiger partial charge in [-0.25, -0.2) is 4.79 Å². The van der Waals surface area contributed by atoms with E-state index in [4.69, 9.17) is 4.74 Å². The summed E-state index contributed by atoms with van der Waals surface area (Å²) >= 11 is 3.27. The summed E-state index contributed by atoms with van der Waals surface area (Å²) in [5, 5.41) is 12.5. The molecular weight excluding hydrogens is 298 g/mol. The lowest BCUT2D eigenvalue weighted by Crippen LogP contribution is -2.30. The lowest BCUT2D eigenvalue weighted by molar-refractivity contribution is 0.0696. The molecule has 0 amide bonds. The van der Waals surface area contributed by atoms with Crippen LogP contribution in [0.5, 0.6) is 0 Å². The predicted octanol–water partition coefficient (Wildman–Crippen LogP) is 3.13. The standard InChI is InChI=1S/C13H16BrNO3/c1-8(11-6-3-7-18-11)15-10-5-2-4-9(14)12(10)13(16)17/h2,4-5,8,11,15H,3,6-7H2,1H3,(H,16,17). The molecule has 18 heavy (non-hydrogen) atoms. The van der Waals surface area contributed by atoms with Crippen LogP contribution in [0.25, 0.3) is 0 Å². The average Bonchev–Trinajstić information content (AvgIpc) is 2.81. The highest BCUT2D eigenvalue weighted by atomic mass is 79.9. The molecule has 2 atom stereocenters. The minimum absolute atomic E-state index is 0.0971. The van der Waals surface area contributed by atoms with E-state index in [1.54, 1.807) is 12.1 Å². The Balaban J connectivity index is 2.17. The van der Waals surface area contributed by atoms with Crippen molar-refractivity contribution in [3.63, 3.8) is 0 Å². The number of carboxylic acids is 1. The van der Waals surface area contributed by atoms with Gasteiger partial charge in [-0.15, -0.1) is 0 Å². The number of nitrogens with one attached hydrogen (secondary N) is 1. The fourth-order valence-corrected chi connectivity index (χ4v) is 2.73. The quantitative estimate of drug-likeness (QED) is 0.896. The van der Waals surface area contributed by atoms with E-state index in [1.807, 2.05) is 13.0 Å². The number of benzene rings is 1. The highest BCUT2D eigenvalue weighted by Crippen LogP contribution is 2.27. The van der Waals surface area contributed by atoms with Crippen LogP contribution >= 0.6 is 15.9 Å². The van der Waals surface area contributed by atoms with Crippen molar-refractivity contribution in [2.45, 2.75) is 31.9 Å². The van der Waals surface area contributed by atoms with E-state index in [0.717, 1.165) is 19.4 Å². The van der Waals surface area contributed by atoms with Crippen LogP contribution in [0.4, 0.5) is 5.69 Å². The molecule has 2 unspecified atom stereocenters. The van der Waals surface area contributed by atoms with Crippen molar-refractivity contribution in [1.29, 1.82) is 0 Å². The number of hydrogen-bond donors (Lipinski definition) is 2. The number of carbonyl (C=O) groups is 1. The van der Waals surface area contributed by atoms with E-state index < -0.39 is 5.97 Å². The number of rotatable bonds is 4. The maximum atomic E-state index is 11.2. The second-order valence-corrected chi connectivity index (χ2v) is 5.31. The minimum Gasteiger partial charge on any atom is -0.478 e. The summed E-state index contributed by atoms with van der Waals surface area (Å²) in [7, 11) is 0. The van der Waals surface area contributed by atoms with Crippen LogP contribution in [-0.2, 0) is 4.74 Å². The Morgan fingerprint density at radius 2 is 2.39 bits per heavy atom. The zero-order valence-electron chi connectivity index (χ0n) is 10.1. The van der Waals surface area contributed by atoms with Crippen molar-refractivity contribution in [2.75, 3.05) is 11.9 Å². The first-order valence-corrected chi connectivity index (χ1v) is 6.79. The van der Waals surface area contributed by atoms with Crippen LogP contribution in [0.3, 0.4) is 0 Å². The third-order valence-corrected chi connectivity index (χ3v) is 3.79. The second kappa shape index (κ2) is 5.71. The molecule has 2 rings (SSSR count). The molecule has 0 aliphatic carbocycles. The van der Waals surface area contributed by atoms with Crippen molar-refractivity contribution in [2.24, 2.45) is 0 Å². The zero-order valence-corrected chi connectivity index (χ0v) is 11.7. The van der Waals surface area contributed by atoms with E-state index >= 15 is 0 Å². The average molecular weight is 314 g/mol. The number of carboxylic acid groups (broad SMARTS) is 1. The molecule has 0 radical (unpaired) electrons. The first-order chi connectivity index (χ1) is 8.59. The largest absolute Gasteiger partial charge is 0.478 e. The van der Waals surface area contributed by atoms with Crippen molar-refractivity contribution < 1.29 is 14.6 Å². The molecule has 1 saturated heterocycles. The fraction of sp³-hybridized carbons (Fsp3) is 0.462. The molecule has 1 aliphatic heterocycles. The molecule has 1 aromatic carbocycles. The van der Waals surface area contributed by atoms with Crippen molar-refractivity contribution in [3.8, 4) is 0 Å². The molecule has 0 aromatic heterocycles. The molecule has 0 bridgehead atoms. The van der Waals surface area contributed by atoms with Crippen LogP contribution in [0, 0.1) is 0 Å². The van der Waals surface area contributed by atoms with E-state index in [9.17, 15) is 9.90 Å². The number of hydrogen-bond acceptors (Lipinski definition) is 3. The summed E-state index contributed by atoms with van der Waals surface area (Å²) in [5.41, 5.74) is 0.891. The lowest BCUT2D eigenvalue weighted by Gasteiger charge is -2.22. The Labute approximate surface area is 114 Å². The van der Waals surface area contributed by atoms with Gasteiger partial charge in [-0.3, -0.25) is 0 Å². The Hall–Kier alpha value is -1.07. The van der Waals surface area contributed by atoms with Crippen molar-refractivity contribution in [3.05, 3.63) is 28.2 Å². The predicted molar refractivity (Wildman–Crippen MR) is 73.2 cm³/mol. The summed E-state index contributed by atoms with van der Waals surface area (Å²) in [6, 6.07) is 5.42. The molecule has 1 fully saturated rings. The molecule has 4 nitrogen and oxygen atoms in total. The molecule has 5 heteroatoms. The van der Waals surface area contributed by atoms with Gasteiger partial charge in [0.2, 0.25) is 0 Å². The molecule has 1 heterocycles. The number of halogens is 1. The number of aromatic carboxylic acids is 1. The molecule has 0 spiro atoms. The summed E-state index contributed by atoms with van der Waals surface area (Å²) in [5.74, 6) is -0.940. The number of ether oxygens (including phenoxy) is 1. The molecule has 2 N–H and O–H groups in total. The third kappa shape index (κ3) is 2.84. The van der Waals surface area contributed by atoms with Crippen molar-refractivity contribution >= 4 is 27.6 Å². The summed E-state index contributed by atoms with van der Waals surface area (Å²) in [4.78, 5) is 11.2. The van der Waals surface area contributed by atoms with Crippen LogP contribution in [0.2, 0.25) is 0 Å². The first-order valence-electron chi connectivity index (χ1n) is 5.99. The Kier molecular flexibility index (Phi) is 4.24. The van der Waals surface area contributed by atoms with Gasteiger partial charge in [0.05, 0.1) is 17.4 Å². The van der Waals surface area contributed by atoms with E-state index in [-0.39, 0.29) is 17.7 Å². The summed E-state index contributed by atoms with van der Waals surface area (Å²) in [6.07, 6.45) is 2.25. The third-order valence-electron chi connectivity index (χ3n) is 3.13. The Morgan fingerprint density at radius 3 is 3.00 bits per heavy atom. The molecule has 0 saturated carbocycles.